The topological polar surface area (TPSA) is 90.5 Å². The molecule has 0 aliphatic carbocycles. The Kier molecular flexibility index (Phi) is 6.75. The number of imide groups is 1. The number of hydrazine groups is 1. The van der Waals surface area contributed by atoms with E-state index in [9.17, 15) is 14.4 Å². The summed E-state index contributed by atoms with van der Waals surface area (Å²) in [5.41, 5.74) is 4.21. The fourth-order valence-electron chi connectivity index (χ4n) is 3.77. The second kappa shape index (κ2) is 9.31. The number of hydrogen-bond donors (Lipinski definition) is 3. The average Bonchev–Trinajstić information content (AvgIpc) is 2.98. The van der Waals surface area contributed by atoms with Crippen LogP contribution in [0.2, 0.25) is 0 Å². The molecule has 1 fully saturated rings. The van der Waals surface area contributed by atoms with Gasteiger partial charge in [0.2, 0.25) is 0 Å². The molecule has 1 aliphatic rings. The van der Waals surface area contributed by atoms with Crippen molar-refractivity contribution in [1.29, 1.82) is 0 Å². The molecule has 3 N–H and O–H groups in total. The van der Waals surface area contributed by atoms with E-state index in [1.165, 1.54) is 5.56 Å². The first kappa shape index (κ1) is 22.5. The molecule has 0 aromatic heterocycles. The van der Waals surface area contributed by atoms with E-state index in [1.54, 1.807) is 31.2 Å². The Morgan fingerprint density at radius 2 is 1.71 bits per heavy atom. The lowest BCUT2D eigenvalue weighted by molar-refractivity contribution is -0.138. The fourth-order valence-corrected chi connectivity index (χ4v) is 3.77. The summed E-state index contributed by atoms with van der Waals surface area (Å²) in [6.45, 7) is 7.85. The summed E-state index contributed by atoms with van der Waals surface area (Å²) in [7, 11) is 0. The van der Waals surface area contributed by atoms with Crippen molar-refractivity contribution in [3.63, 3.8) is 0 Å². The zero-order chi connectivity index (χ0) is 22.6. The quantitative estimate of drug-likeness (QED) is 0.571. The number of amides is 4. The van der Waals surface area contributed by atoms with Crippen LogP contribution in [0.3, 0.4) is 0 Å². The first-order chi connectivity index (χ1) is 14.8. The van der Waals surface area contributed by atoms with Gasteiger partial charge in [-0.3, -0.25) is 15.0 Å². The number of aryl methyl sites for hydroxylation is 1. The molecular weight excluding hydrogens is 392 g/mol. The molecule has 3 rings (SSSR count). The highest BCUT2D eigenvalue weighted by molar-refractivity contribution is 6.08. The van der Waals surface area contributed by atoms with Gasteiger partial charge in [0.1, 0.15) is 5.54 Å². The molecular formula is C24H30N4O3. The molecule has 0 saturated carbocycles. The van der Waals surface area contributed by atoms with Crippen molar-refractivity contribution in [2.45, 2.75) is 45.7 Å². The Morgan fingerprint density at radius 1 is 1.06 bits per heavy atom. The van der Waals surface area contributed by atoms with E-state index in [0.29, 0.717) is 5.56 Å². The van der Waals surface area contributed by atoms with E-state index in [4.69, 9.17) is 0 Å². The van der Waals surface area contributed by atoms with Crippen LogP contribution >= 0.6 is 0 Å². The van der Waals surface area contributed by atoms with Gasteiger partial charge in [0, 0.05) is 6.04 Å². The summed E-state index contributed by atoms with van der Waals surface area (Å²) >= 11 is 0. The highest BCUT2D eigenvalue weighted by Gasteiger charge is 2.49. The third-order valence-electron chi connectivity index (χ3n) is 5.67. The molecule has 0 spiro atoms. The van der Waals surface area contributed by atoms with Gasteiger partial charge in [-0.25, -0.2) is 4.79 Å². The SMILES string of the molecule is CCc1ccc([C@@H](NCC(=O)NN2C(=O)N[C@](C)(c3ccccc3)C2=O)C(C)C)cc1. The first-order valence-electron chi connectivity index (χ1n) is 10.6. The van der Waals surface area contributed by atoms with Gasteiger partial charge in [-0.1, -0.05) is 75.4 Å². The van der Waals surface area contributed by atoms with Crippen molar-refractivity contribution in [3.8, 4) is 0 Å². The van der Waals surface area contributed by atoms with Crippen molar-refractivity contribution in [3.05, 3.63) is 71.3 Å². The fraction of sp³-hybridized carbons (Fsp3) is 0.375. The van der Waals surface area contributed by atoms with Crippen molar-refractivity contribution < 1.29 is 14.4 Å². The van der Waals surface area contributed by atoms with Gasteiger partial charge in [0.25, 0.3) is 11.8 Å². The van der Waals surface area contributed by atoms with Crippen LogP contribution in [-0.2, 0) is 21.5 Å². The minimum atomic E-state index is -1.22. The number of carbonyl (C=O) groups excluding carboxylic acids is 3. The van der Waals surface area contributed by atoms with Crippen LogP contribution in [0.15, 0.2) is 54.6 Å². The van der Waals surface area contributed by atoms with Crippen molar-refractivity contribution >= 4 is 17.8 Å². The highest BCUT2D eigenvalue weighted by atomic mass is 16.2. The van der Waals surface area contributed by atoms with Crippen LogP contribution < -0.4 is 16.1 Å². The molecule has 7 nitrogen and oxygen atoms in total. The molecule has 4 amide bonds. The van der Waals surface area contributed by atoms with Crippen molar-refractivity contribution in [2.24, 2.45) is 5.92 Å². The Morgan fingerprint density at radius 3 is 2.29 bits per heavy atom. The van der Waals surface area contributed by atoms with Crippen LogP contribution in [-0.4, -0.2) is 29.4 Å². The lowest BCUT2D eigenvalue weighted by atomic mass is 9.92. The number of nitrogens with zero attached hydrogens (tertiary/aromatic N) is 1. The molecule has 1 heterocycles. The van der Waals surface area contributed by atoms with Gasteiger partial charge in [0.15, 0.2) is 0 Å². The third kappa shape index (κ3) is 4.77. The Bertz CT molecular complexity index is 943. The number of urea groups is 1. The average molecular weight is 423 g/mol. The van der Waals surface area contributed by atoms with E-state index in [0.717, 1.165) is 17.0 Å². The Hall–Kier alpha value is -3.19. The summed E-state index contributed by atoms with van der Waals surface area (Å²) in [5.74, 6) is -0.734. The van der Waals surface area contributed by atoms with E-state index in [1.807, 2.05) is 6.07 Å². The van der Waals surface area contributed by atoms with Crippen LogP contribution in [0.25, 0.3) is 0 Å². The molecule has 2 aromatic rings. The van der Waals surface area contributed by atoms with Crippen molar-refractivity contribution in [2.75, 3.05) is 6.54 Å². The van der Waals surface area contributed by atoms with Gasteiger partial charge < -0.3 is 10.6 Å². The molecule has 7 heteroatoms. The summed E-state index contributed by atoms with van der Waals surface area (Å²) in [4.78, 5) is 37.9. The normalized spacial score (nSPS) is 19.5. The van der Waals surface area contributed by atoms with Crippen molar-refractivity contribution in [1.82, 2.24) is 21.1 Å². The van der Waals surface area contributed by atoms with E-state index in [-0.39, 0.29) is 18.5 Å². The minimum absolute atomic E-state index is 0.0303. The van der Waals surface area contributed by atoms with Crippen LogP contribution in [0.4, 0.5) is 4.79 Å². The predicted octanol–water partition coefficient (Wildman–Crippen LogP) is 3.03. The second-order valence-corrected chi connectivity index (χ2v) is 8.29. The molecule has 31 heavy (non-hydrogen) atoms. The molecule has 164 valence electrons. The second-order valence-electron chi connectivity index (χ2n) is 8.29. The van der Waals surface area contributed by atoms with Crippen LogP contribution in [0, 0.1) is 5.92 Å². The Balaban J connectivity index is 1.64. The van der Waals surface area contributed by atoms with E-state index in [2.05, 4.69) is 61.1 Å². The standard InChI is InChI=1S/C24H30N4O3/c1-5-17-11-13-18(14-12-17)21(16(2)3)25-15-20(29)27-28-22(30)24(4,26-23(28)31)19-9-7-6-8-10-19/h6-14,16,21,25H,5,15H2,1-4H3,(H,26,31)(H,27,29)/t21-,24+/m0/s1. The largest absolute Gasteiger partial charge is 0.344 e. The molecule has 0 bridgehead atoms. The first-order valence-corrected chi connectivity index (χ1v) is 10.6. The van der Waals surface area contributed by atoms with Gasteiger partial charge >= 0.3 is 6.03 Å². The number of hydrogen-bond acceptors (Lipinski definition) is 4. The molecule has 1 aliphatic heterocycles. The van der Waals surface area contributed by atoms with Crippen LogP contribution in [0.1, 0.15) is 50.4 Å². The van der Waals surface area contributed by atoms with Gasteiger partial charge in [-0.2, -0.15) is 5.01 Å². The minimum Gasteiger partial charge on any atom is -0.318 e. The maximum atomic E-state index is 12.9. The Labute approximate surface area is 183 Å². The van der Waals surface area contributed by atoms with Gasteiger partial charge in [-0.05, 0) is 36.0 Å². The summed E-state index contributed by atoms with van der Waals surface area (Å²) in [6.07, 6.45) is 0.969. The summed E-state index contributed by atoms with van der Waals surface area (Å²) < 4.78 is 0. The zero-order valence-electron chi connectivity index (χ0n) is 18.4. The maximum absolute atomic E-state index is 12.9. The van der Waals surface area contributed by atoms with E-state index < -0.39 is 23.4 Å². The number of rotatable bonds is 8. The molecule has 0 radical (unpaired) electrons. The summed E-state index contributed by atoms with van der Waals surface area (Å²) in [6, 6.07) is 16.6. The van der Waals surface area contributed by atoms with E-state index >= 15 is 0 Å². The highest BCUT2D eigenvalue weighted by Crippen LogP contribution is 2.27. The molecule has 1 saturated heterocycles. The maximum Gasteiger partial charge on any atom is 0.344 e. The smallest absolute Gasteiger partial charge is 0.318 e. The zero-order valence-corrected chi connectivity index (χ0v) is 18.4. The molecule has 2 atom stereocenters. The third-order valence-corrected chi connectivity index (χ3v) is 5.67. The number of benzene rings is 2. The monoisotopic (exact) mass is 422 g/mol. The van der Waals surface area contributed by atoms with Crippen LogP contribution in [0.5, 0.6) is 0 Å². The number of carbonyl (C=O) groups is 3. The summed E-state index contributed by atoms with van der Waals surface area (Å²) in [5, 5.41) is 6.68. The lowest BCUT2D eigenvalue weighted by Crippen LogP contribution is -2.50. The van der Waals surface area contributed by atoms with Gasteiger partial charge in [-0.15, -0.1) is 0 Å². The predicted molar refractivity (Wildman–Crippen MR) is 119 cm³/mol. The lowest BCUT2D eigenvalue weighted by Gasteiger charge is -2.24. The molecule has 0 unspecified atom stereocenters. The van der Waals surface area contributed by atoms with Gasteiger partial charge in [0.05, 0.1) is 6.54 Å². The molecule has 2 aromatic carbocycles. The number of nitrogens with one attached hydrogen (secondary N) is 3.